The number of alkyl halides is 4. The smallest absolute Gasteiger partial charge is 0.199 e. The Morgan fingerprint density at radius 1 is 1.10 bits per heavy atom. The molecule has 0 aromatic rings. The number of halogens is 4. The molecule has 0 spiro atoms. The maximum absolute atomic E-state index is 12.0. The molecule has 1 unspecified atom stereocenters. The summed E-state index contributed by atoms with van der Waals surface area (Å²) in [5, 5.41) is 10.0. The standard InChI is InChI=1S/C5H7F4O/c1-3(2)4(6,10)5(7,8)9/h3H,1-2H3. The largest absolute Gasteiger partial charge is 0.451 e. The molecule has 0 saturated carbocycles. The van der Waals surface area contributed by atoms with Crippen LogP contribution in [0.5, 0.6) is 0 Å². The van der Waals surface area contributed by atoms with Gasteiger partial charge in [-0.25, -0.2) is 0 Å². The molecular formula is C5H7F4O. The summed E-state index contributed by atoms with van der Waals surface area (Å²) in [6.07, 6.45) is -5.30. The van der Waals surface area contributed by atoms with Gasteiger partial charge in [-0.1, -0.05) is 13.8 Å². The lowest BCUT2D eigenvalue weighted by Gasteiger charge is -2.22. The van der Waals surface area contributed by atoms with Crippen molar-refractivity contribution in [2.75, 3.05) is 0 Å². The number of hydrogen-bond acceptors (Lipinski definition) is 0. The molecule has 0 N–H and O–H groups in total. The van der Waals surface area contributed by atoms with E-state index in [1.165, 1.54) is 0 Å². The van der Waals surface area contributed by atoms with Crippen LogP contribution >= 0.6 is 0 Å². The van der Waals surface area contributed by atoms with E-state index in [0.29, 0.717) is 0 Å². The van der Waals surface area contributed by atoms with E-state index in [1.54, 1.807) is 0 Å². The summed E-state index contributed by atoms with van der Waals surface area (Å²) in [7, 11) is 0. The molecule has 0 amide bonds. The Hall–Kier alpha value is -0.320. The van der Waals surface area contributed by atoms with Gasteiger partial charge in [0.2, 0.25) is 0 Å². The normalized spacial score (nSPS) is 19.2. The van der Waals surface area contributed by atoms with E-state index in [-0.39, 0.29) is 0 Å². The fourth-order valence-electron chi connectivity index (χ4n) is 0.327. The third kappa shape index (κ3) is 1.59. The van der Waals surface area contributed by atoms with Crippen molar-refractivity contribution in [3.63, 3.8) is 0 Å². The summed E-state index contributed by atoms with van der Waals surface area (Å²) < 4.78 is 46.2. The van der Waals surface area contributed by atoms with Gasteiger partial charge in [0.15, 0.2) is 0 Å². The molecule has 1 atom stereocenters. The highest BCUT2D eigenvalue weighted by Crippen LogP contribution is 2.37. The summed E-state index contributed by atoms with van der Waals surface area (Å²) in [5.74, 6) is -5.90. The van der Waals surface area contributed by atoms with Gasteiger partial charge in [0.05, 0.1) is 0 Å². The zero-order valence-corrected chi connectivity index (χ0v) is 5.50. The minimum absolute atomic E-state index is 0.889. The highest BCUT2D eigenvalue weighted by Gasteiger charge is 2.58. The van der Waals surface area contributed by atoms with Crippen molar-refractivity contribution in [2.24, 2.45) is 5.92 Å². The third-order valence-corrected chi connectivity index (χ3v) is 1.13. The van der Waals surface area contributed by atoms with Crippen LogP contribution in [0.3, 0.4) is 0 Å². The lowest BCUT2D eigenvalue weighted by atomic mass is 10.1. The van der Waals surface area contributed by atoms with Gasteiger partial charge in [0.25, 0.3) is 0 Å². The molecule has 61 valence electrons. The van der Waals surface area contributed by atoms with Gasteiger partial charge in [-0.05, 0) is 0 Å². The van der Waals surface area contributed by atoms with Gasteiger partial charge in [-0.3, -0.25) is 0 Å². The Bertz CT molecular complexity index is 115. The second kappa shape index (κ2) is 2.38. The molecule has 1 nitrogen and oxygen atoms in total. The van der Waals surface area contributed by atoms with Crippen LogP contribution in [0.1, 0.15) is 13.8 Å². The molecule has 1 radical (unpaired) electrons. The lowest BCUT2D eigenvalue weighted by Crippen LogP contribution is -2.43. The van der Waals surface area contributed by atoms with Gasteiger partial charge in [0, 0.05) is 5.92 Å². The molecule has 0 aliphatic rings. The molecule has 5 heteroatoms. The van der Waals surface area contributed by atoms with Gasteiger partial charge in [-0.2, -0.15) is 22.7 Å². The molecule has 0 aromatic carbocycles. The Balaban J connectivity index is 4.40. The third-order valence-electron chi connectivity index (χ3n) is 1.13. The monoisotopic (exact) mass is 159 g/mol. The van der Waals surface area contributed by atoms with Crippen LogP contribution in [0.4, 0.5) is 17.6 Å². The van der Waals surface area contributed by atoms with Crippen molar-refractivity contribution < 1.29 is 22.7 Å². The predicted octanol–water partition coefficient (Wildman–Crippen LogP) is 2.30. The highest BCUT2D eigenvalue weighted by atomic mass is 19.4. The fourth-order valence-corrected chi connectivity index (χ4v) is 0.327. The van der Waals surface area contributed by atoms with Crippen molar-refractivity contribution in [3.8, 4) is 0 Å². The van der Waals surface area contributed by atoms with E-state index in [2.05, 4.69) is 0 Å². The summed E-state index contributed by atoms with van der Waals surface area (Å²) in [6.45, 7) is 1.78. The van der Waals surface area contributed by atoms with E-state index in [1.807, 2.05) is 0 Å². The Kier molecular flexibility index (Phi) is 2.30. The van der Waals surface area contributed by atoms with Crippen LogP contribution in [-0.4, -0.2) is 12.0 Å². The van der Waals surface area contributed by atoms with E-state index < -0.39 is 17.9 Å². The molecule has 0 aliphatic carbocycles. The SMILES string of the molecule is CC(C)C([O])(F)C(F)(F)F. The van der Waals surface area contributed by atoms with Crippen molar-refractivity contribution in [1.29, 1.82) is 0 Å². The Morgan fingerprint density at radius 2 is 1.40 bits per heavy atom. The van der Waals surface area contributed by atoms with Crippen LogP contribution in [-0.2, 0) is 5.11 Å². The van der Waals surface area contributed by atoms with Crippen LogP contribution in [0.25, 0.3) is 0 Å². The summed E-state index contributed by atoms with van der Waals surface area (Å²) in [4.78, 5) is 0. The summed E-state index contributed by atoms with van der Waals surface area (Å²) in [5.41, 5.74) is 0. The first-order valence-corrected chi connectivity index (χ1v) is 2.65. The Morgan fingerprint density at radius 3 is 1.40 bits per heavy atom. The quantitative estimate of drug-likeness (QED) is 0.523. The maximum Gasteiger partial charge on any atom is 0.451 e. The first kappa shape index (κ1) is 9.68. The molecule has 0 heterocycles. The second-order valence-corrected chi connectivity index (χ2v) is 2.30. The Labute approximate surface area is 55.7 Å². The van der Waals surface area contributed by atoms with Crippen molar-refractivity contribution in [3.05, 3.63) is 0 Å². The average molecular weight is 159 g/mol. The van der Waals surface area contributed by atoms with Gasteiger partial charge >= 0.3 is 12.0 Å². The van der Waals surface area contributed by atoms with E-state index in [4.69, 9.17) is 0 Å². The first-order chi connectivity index (χ1) is 4.19. The van der Waals surface area contributed by atoms with Crippen LogP contribution in [0, 0.1) is 5.92 Å². The number of rotatable bonds is 1. The molecule has 10 heavy (non-hydrogen) atoms. The highest BCUT2D eigenvalue weighted by molar-refractivity contribution is 4.77. The molecule has 0 saturated heterocycles. The van der Waals surface area contributed by atoms with Crippen LogP contribution in [0.15, 0.2) is 0 Å². The first-order valence-electron chi connectivity index (χ1n) is 2.65. The average Bonchev–Trinajstić information content (AvgIpc) is 1.62. The van der Waals surface area contributed by atoms with E-state index in [9.17, 15) is 22.7 Å². The molecule has 0 aromatic heterocycles. The number of hydrogen-bond donors (Lipinski definition) is 0. The molecule has 0 rings (SSSR count). The summed E-state index contributed by atoms with van der Waals surface area (Å²) >= 11 is 0. The minimum atomic E-state index is -5.30. The van der Waals surface area contributed by atoms with E-state index >= 15 is 0 Å². The molecule has 0 aliphatic heterocycles. The van der Waals surface area contributed by atoms with Gasteiger partial charge < -0.3 is 0 Å². The van der Waals surface area contributed by atoms with Gasteiger partial charge in [0.1, 0.15) is 0 Å². The van der Waals surface area contributed by atoms with Crippen molar-refractivity contribution >= 4 is 0 Å². The summed E-state index contributed by atoms with van der Waals surface area (Å²) in [6, 6.07) is 0. The maximum atomic E-state index is 12.0. The van der Waals surface area contributed by atoms with Crippen LogP contribution < -0.4 is 0 Å². The molecule has 0 fully saturated rings. The lowest BCUT2D eigenvalue weighted by molar-refractivity contribution is -0.354. The topological polar surface area (TPSA) is 19.9 Å². The minimum Gasteiger partial charge on any atom is -0.199 e. The molecule has 0 bridgehead atoms. The van der Waals surface area contributed by atoms with Crippen LogP contribution in [0.2, 0.25) is 0 Å². The van der Waals surface area contributed by atoms with Crippen molar-refractivity contribution in [2.45, 2.75) is 25.9 Å². The fraction of sp³-hybridized carbons (Fsp3) is 1.00. The second-order valence-electron chi connectivity index (χ2n) is 2.30. The van der Waals surface area contributed by atoms with E-state index in [0.717, 1.165) is 13.8 Å². The zero-order chi connectivity index (χ0) is 8.58. The van der Waals surface area contributed by atoms with Gasteiger partial charge in [-0.15, -0.1) is 0 Å². The van der Waals surface area contributed by atoms with Crippen molar-refractivity contribution in [1.82, 2.24) is 0 Å². The predicted molar refractivity (Wildman–Crippen MR) is 25.4 cm³/mol. The molecular weight excluding hydrogens is 152 g/mol. The zero-order valence-electron chi connectivity index (χ0n) is 5.50.